The van der Waals surface area contributed by atoms with Crippen molar-refractivity contribution in [3.8, 4) is 0 Å². The lowest BCUT2D eigenvalue weighted by Gasteiger charge is -2.11. The SMILES string of the molecule is CC(=O)C1(c2cc(Br)cnc2F)CC1. The fourth-order valence-corrected chi connectivity index (χ4v) is 2.03. The molecule has 1 fully saturated rings. The van der Waals surface area contributed by atoms with Gasteiger partial charge >= 0.3 is 0 Å². The highest BCUT2D eigenvalue weighted by Crippen LogP contribution is 2.49. The van der Waals surface area contributed by atoms with Crippen LogP contribution in [0.25, 0.3) is 0 Å². The highest BCUT2D eigenvalue weighted by molar-refractivity contribution is 9.10. The Morgan fingerprint density at radius 3 is 2.79 bits per heavy atom. The second-order valence-electron chi connectivity index (χ2n) is 3.63. The van der Waals surface area contributed by atoms with E-state index in [1.54, 1.807) is 6.07 Å². The lowest BCUT2D eigenvalue weighted by atomic mass is 9.93. The van der Waals surface area contributed by atoms with Crippen LogP contribution in [0.3, 0.4) is 0 Å². The minimum absolute atomic E-state index is 0.0244. The van der Waals surface area contributed by atoms with E-state index in [9.17, 15) is 9.18 Å². The van der Waals surface area contributed by atoms with Gasteiger partial charge in [0.05, 0.1) is 5.41 Å². The first-order valence-electron chi connectivity index (χ1n) is 4.39. The number of nitrogens with zero attached hydrogens (tertiary/aromatic N) is 1. The maximum atomic E-state index is 13.4. The number of hydrogen-bond donors (Lipinski definition) is 0. The predicted molar refractivity (Wildman–Crippen MR) is 53.5 cm³/mol. The minimum Gasteiger partial charge on any atom is -0.299 e. The van der Waals surface area contributed by atoms with Crippen LogP contribution in [0.4, 0.5) is 4.39 Å². The molecule has 1 aliphatic carbocycles. The number of halogens is 2. The van der Waals surface area contributed by atoms with Crippen LogP contribution < -0.4 is 0 Å². The van der Waals surface area contributed by atoms with Gasteiger partial charge in [0.25, 0.3) is 0 Å². The summed E-state index contributed by atoms with van der Waals surface area (Å²) in [6, 6.07) is 1.65. The van der Waals surface area contributed by atoms with Crippen LogP contribution in [0.2, 0.25) is 0 Å². The van der Waals surface area contributed by atoms with Crippen molar-refractivity contribution in [1.29, 1.82) is 0 Å². The molecule has 0 saturated heterocycles. The molecule has 1 aliphatic rings. The van der Waals surface area contributed by atoms with Gasteiger partial charge < -0.3 is 0 Å². The predicted octanol–water partition coefficient (Wildman–Crippen LogP) is 2.60. The van der Waals surface area contributed by atoms with Crippen LogP contribution in [-0.2, 0) is 10.2 Å². The van der Waals surface area contributed by atoms with Gasteiger partial charge in [0.2, 0.25) is 5.95 Å². The first kappa shape index (κ1) is 9.77. The van der Waals surface area contributed by atoms with E-state index in [0.717, 1.165) is 12.8 Å². The van der Waals surface area contributed by atoms with Crippen molar-refractivity contribution in [3.63, 3.8) is 0 Å². The molecule has 0 aliphatic heterocycles. The van der Waals surface area contributed by atoms with Gasteiger partial charge in [-0.05, 0) is 41.8 Å². The van der Waals surface area contributed by atoms with Crippen LogP contribution in [0, 0.1) is 5.95 Å². The van der Waals surface area contributed by atoms with E-state index >= 15 is 0 Å². The summed E-state index contributed by atoms with van der Waals surface area (Å²) >= 11 is 3.23. The number of carbonyl (C=O) groups excluding carboxylic acids is 1. The summed E-state index contributed by atoms with van der Waals surface area (Å²) < 4.78 is 14.1. The Morgan fingerprint density at radius 1 is 1.64 bits per heavy atom. The van der Waals surface area contributed by atoms with Crippen molar-refractivity contribution in [2.24, 2.45) is 0 Å². The molecule has 4 heteroatoms. The molecular weight excluding hydrogens is 249 g/mol. The highest BCUT2D eigenvalue weighted by atomic mass is 79.9. The second kappa shape index (κ2) is 3.12. The number of hydrogen-bond acceptors (Lipinski definition) is 2. The van der Waals surface area contributed by atoms with E-state index < -0.39 is 11.4 Å². The van der Waals surface area contributed by atoms with Crippen molar-refractivity contribution in [2.75, 3.05) is 0 Å². The van der Waals surface area contributed by atoms with Crippen molar-refractivity contribution in [2.45, 2.75) is 25.2 Å². The van der Waals surface area contributed by atoms with Crippen LogP contribution in [0.15, 0.2) is 16.7 Å². The molecule has 14 heavy (non-hydrogen) atoms. The van der Waals surface area contributed by atoms with Crippen LogP contribution >= 0.6 is 15.9 Å². The third-order valence-electron chi connectivity index (χ3n) is 2.75. The zero-order valence-electron chi connectivity index (χ0n) is 7.68. The fourth-order valence-electron chi connectivity index (χ4n) is 1.69. The Morgan fingerprint density at radius 2 is 2.29 bits per heavy atom. The quantitative estimate of drug-likeness (QED) is 0.763. The number of carbonyl (C=O) groups is 1. The van der Waals surface area contributed by atoms with Gasteiger partial charge in [0, 0.05) is 16.2 Å². The summed E-state index contributed by atoms with van der Waals surface area (Å²) in [7, 11) is 0. The molecule has 0 unspecified atom stereocenters. The Kier molecular flexibility index (Phi) is 2.18. The van der Waals surface area contributed by atoms with Crippen LogP contribution in [0.1, 0.15) is 25.3 Å². The average molecular weight is 258 g/mol. The smallest absolute Gasteiger partial charge is 0.217 e. The Labute approximate surface area is 89.7 Å². The number of aromatic nitrogens is 1. The normalized spacial score (nSPS) is 17.9. The van der Waals surface area contributed by atoms with E-state index in [0.29, 0.717) is 10.0 Å². The number of pyridine rings is 1. The van der Waals surface area contributed by atoms with E-state index in [1.807, 2.05) is 0 Å². The van der Waals surface area contributed by atoms with Gasteiger partial charge in [-0.1, -0.05) is 0 Å². The molecule has 0 amide bonds. The summed E-state index contributed by atoms with van der Waals surface area (Å²) in [5.41, 5.74) is -0.152. The highest BCUT2D eigenvalue weighted by Gasteiger charge is 2.50. The van der Waals surface area contributed by atoms with Crippen molar-refractivity contribution in [3.05, 3.63) is 28.2 Å². The zero-order valence-corrected chi connectivity index (χ0v) is 9.27. The molecule has 0 aromatic carbocycles. The van der Waals surface area contributed by atoms with E-state index in [4.69, 9.17) is 0 Å². The summed E-state index contributed by atoms with van der Waals surface area (Å²) in [4.78, 5) is 15.0. The molecule has 2 rings (SSSR count). The molecule has 0 bridgehead atoms. The number of ketones is 1. The summed E-state index contributed by atoms with van der Waals surface area (Å²) in [5.74, 6) is -0.503. The van der Waals surface area contributed by atoms with Gasteiger partial charge in [-0.25, -0.2) is 4.98 Å². The van der Waals surface area contributed by atoms with E-state index in [2.05, 4.69) is 20.9 Å². The third-order valence-corrected chi connectivity index (χ3v) is 3.18. The molecule has 1 saturated carbocycles. The topological polar surface area (TPSA) is 30.0 Å². The van der Waals surface area contributed by atoms with Gasteiger partial charge in [-0.15, -0.1) is 0 Å². The Hall–Kier alpha value is -0.770. The fraction of sp³-hybridized carbons (Fsp3) is 0.400. The number of Topliss-reactive ketones (excluding diaryl/α,β-unsaturated/α-hetero) is 1. The molecule has 1 aromatic rings. The van der Waals surface area contributed by atoms with Gasteiger partial charge in [0.1, 0.15) is 5.78 Å². The molecule has 1 heterocycles. The lowest BCUT2D eigenvalue weighted by Crippen LogP contribution is -2.19. The molecule has 0 atom stereocenters. The van der Waals surface area contributed by atoms with Gasteiger partial charge in [-0.2, -0.15) is 4.39 Å². The molecule has 0 spiro atoms. The molecule has 74 valence electrons. The Bertz CT molecular complexity index is 401. The second-order valence-corrected chi connectivity index (χ2v) is 4.55. The summed E-state index contributed by atoms with van der Waals surface area (Å²) in [6.07, 6.45) is 2.86. The molecule has 2 nitrogen and oxygen atoms in total. The van der Waals surface area contributed by atoms with E-state index in [1.165, 1.54) is 13.1 Å². The van der Waals surface area contributed by atoms with Gasteiger partial charge in [-0.3, -0.25) is 4.79 Å². The largest absolute Gasteiger partial charge is 0.299 e. The average Bonchev–Trinajstić information content (AvgIpc) is 2.90. The van der Waals surface area contributed by atoms with Crippen molar-refractivity contribution < 1.29 is 9.18 Å². The molecule has 0 N–H and O–H groups in total. The maximum Gasteiger partial charge on any atom is 0.217 e. The third kappa shape index (κ3) is 1.38. The van der Waals surface area contributed by atoms with Crippen LogP contribution in [0.5, 0.6) is 0 Å². The van der Waals surface area contributed by atoms with E-state index in [-0.39, 0.29) is 5.78 Å². The Balaban J connectivity index is 2.51. The monoisotopic (exact) mass is 257 g/mol. The molecule has 1 aromatic heterocycles. The van der Waals surface area contributed by atoms with Crippen molar-refractivity contribution in [1.82, 2.24) is 4.98 Å². The first-order chi connectivity index (χ1) is 6.56. The lowest BCUT2D eigenvalue weighted by molar-refractivity contribution is -0.119. The maximum absolute atomic E-state index is 13.4. The molecular formula is C10H9BrFNO. The minimum atomic E-state index is -0.582. The standard InChI is InChI=1S/C10H9BrFNO/c1-6(14)10(2-3-10)8-4-7(11)5-13-9(8)12/h4-5H,2-3H2,1H3. The molecule has 0 radical (unpaired) electrons. The van der Waals surface area contributed by atoms with Crippen LogP contribution in [-0.4, -0.2) is 10.8 Å². The summed E-state index contributed by atoms with van der Waals surface area (Å²) in [5, 5.41) is 0. The first-order valence-corrected chi connectivity index (χ1v) is 5.18. The zero-order chi connectivity index (χ0) is 10.3. The number of rotatable bonds is 2. The summed E-state index contributed by atoms with van der Waals surface area (Å²) in [6.45, 7) is 1.51. The van der Waals surface area contributed by atoms with Crippen molar-refractivity contribution >= 4 is 21.7 Å². The van der Waals surface area contributed by atoms with Gasteiger partial charge in [0.15, 0.2) is 0 Å².